The Morgan fingerprint density at radius 3 is 2.58 bits per heavy atom. The van der Waals surface area contributed by atoms with Gasteiger partial charge in [0, 0.05) is 29.7 Å². The lowest BCUT2D eigenvalue weighted by atomic mass is 9.94. The molecule has 170 valence electrons. The van der Waals surface area contributed by atoms with E-state index in [1.807, 2.05) is 6.07 Å². The van der Waals surface area contributed by atoms with Gasteiger partial charge in [0.15, 0.2) is 0 Å². The Kier molecular flexibility index (Phi) is 6.12. The molecule has 2 aromatic carbocycles. The third-order valence-electron chi connectivity index (χ3n) is 5.81. The molecule has 1 aliphatic heterocycles. The summed E-state index contributed by atoms with van der Waals surface area (Å²) in [7, 11) is 0. The summed E-state index contributed by atoms with van der Waals surface area (Å²) in [5, 5.41) is 22.4. The average molecular weight is 469 g/mol. The van der Waals surface area contributed by atoms with Crippen LogP contribution in [0.1, 0.15) is 34.8 Å². The predicted molar refractivity (Wildman–Crippen MR) is 126 cm³/mol. The van der Waals surface area contributed by atoms with Crippen molar-refractivity contribution in [2.75, 3.05) is 18.4 Å². The lowest BCUT2D eigenvalue weighted by molar-refractivity contribution is -0.384. The maximum atomic E-state index is 12.8. The zero-order valence-corrected chi connectivity index (χ0v) is 18.2. The third kappa shape index (κ3) is 4.18. The standard InChI is InChI=1S/C22H20N6O4.ClH/c29-19-12-18(13-8-10-23-11-9-13)27-21(25-19)20-16(2-1-3-17(20)26-27)24-22(30)14-4-6-15(7-5-14)28(31)32;/h1-7,12-13,23H,8-11H2,(H,24,30)(H,25,29);1H. The van der Waals surface area contributed by atoms with Crippen molar-refractivity contribution in [3.63, 3.8) is 0 Å². The van der Waals surface area contributed by atoms with Crippen LogP contribution in [0, 0.1) is 10.1 Å². The molecule has 10 nitrogen and oxygen atoms in total. The summed E-state index contributed by atoms with van der Waals surface area (Å²) in [4.78, 5) is 38.5. The van der Waals surface area contributed by atoms with Crippen molar-refractivity contribution in [1.29, 1.82) is 0 Å². The van der Waals surface area contributed by atoms with E-state index in [4.69, 9.17) is 5.10 Å². The largest absolute Gasteiger partial charge is 0.321 e. The number of carbonyl (C=O) groups is 1. The van der Waals surface area contributed by atoms with E-state index in [1.165, 1.54) is 24.3 Å². The van der Waals surface area contributed by atoms with Crippen LogP contribution in [0.15, 0.2) is 53.3 Å². The smallest absolute Gasteiger partial charge is 0.269 e. The Morgan fingerprint density at radius 1 is 1.15 bits per heavy atom. The summed E-state index contributed by atoms with van der Waals surface area (Å²) >= 11 is 0. The van der Waals surface area contributed by atoms with Crippen molar-refractivity contribution in [1.82, 2.24) is 19.9 Å². The van der Waals surface area contributed by atoms with E-state index >= 15 is 0 Å². The van der Waals surface area contributed by atoms with Gasteiger partial charge in [-0.05, 0) is 50.2 Å². The SMILES string of the molecule is Cl.O=C(Nc1cccc2nn3c(C4CCNCC4)cc(=O)[nH]c3c12)c1ccc([N+](=O)[O-])cc1. The van der Waals surface area contributed by atoms with E-state index < -0.39 is 10.8 Å². The highest BCUT2D eigenvalue weighted by Crippen LogP contribution is 2.30. The number of nitro benzene ring substituents is 1. The number of non-ortho nitro benzene ring substituents is 1. The first-order chi connectivity index (χ1) is 15.5. The molecule has 3 N–H and O–H groups in total. The fraction of sp³-hybridized carbons (Fsp3) is 0.227. The monoisotopic (exact) mass is 468 g/mol. The second-order valence-electron chi connectivity index (χ2n) is 7.80. The number of hydrogen-bond donors (Lipinski definition) is 3. The summed E-state index contributed by atoms with van der Waals surface area (Å²) in [6.45, 7) is 1.77. The first-order valence-electron chi connectivity index (χ1n) is 10.3. The van der Waals surface area contributed by atoms with Gasteiger partial charge in [-0.1, -0.05) is 6.07 Å². The zero-order chi connectivity index (χ0) is 22.2. The topological polar surface area (TPSA) is 134 Å². The first kappa shape index (κ1) is 22.4. The number of rotatable bonds is 4. The number of nitrogens with one attached hydrogen (secondary N) is 3. The van der Waals surface area contributed by atoms with Gasteiger partial charge in [0.2, 0.25) is 0 Å². The van der Waals surface area contributed by atoms with Crippen LogP contribution in [0.4, 0.5) is 11.4 Å². The molecule has 1 amide bonds. The third-order valence-corrected chi connectivity index (χ3v) is 5.81. The Labute approximate surface area is 193 Å². The Balaban J connectivity index is 0.00000259. The number of aromatic nitrogens is 3. The molecule has 1 fully saturated rings. The number of hydrogen-bond acceptors (Lipinski definition) is 6. The maximum Gasteiger partial charge on any atom is 0.269 e. The molecule has 5 rings (SSSR count). The number of benzene rings is 2. The number of piperidine rings is 1. The van der Waals surface area contributed by atoms with Crippen molar-refractivity contribution in [2.24, 2.45) is 0 Å². The van der Waals surface area contributed by atoms with Gasteiger partial charge in [-0.3, -0.25) is 19.7 Å². The molecule has 0 bridgehead atoms. The van der Waals surface area contributed by atoms with Crippen LogP contribution in [0.3, 0.4) is 0 Å². The minimum absolute atomic E-state index is 0. The number of H-pyrrole nitrogens is 1. The number of aromatic amines is 1. The van der Waals surface area contributed by atoms with Crippen LogP contribution in [-0.4, -0.2) is 38.5 Å². The van der Waals surface area contributed by atoms with Gasteiger partial charge in [0.1, 0.15) is 5.65 Å². The molecule has 2 aromatic heterocycles. The molecule has 4 aromatic rings. The van der Waals surface area contributed by atoms with Crippen LogP contribution in [0.25, 0.3) is 16.6 Å². The van der Waals surface area contributed by atoms with Gasteiger partial charge < -0.3 is 15.6 Å². The molecule has 0 radical (unpaired) electrons. The molecule has 0 atom stereocenters. The summed E-state index contributed by atoms with van der Waals surface area (Å²) in [5.74, 6) is -0.197. The maximum absolute atomic E-state index is 12.8. The number of nitrogens with zero attached hydrogens (tertiary/aromatic N) is 3. The van der Waals surface area contributed by atoms with Crippen molar-refractivity contribution in [2.45, 2.75) is 18.8 Å². The van der Waals surface area contributed by atoms with Gasteiger partial charge in [0.25, 0.3) is 17.2 Å². The highest BCUT2D eigenvalue weighted by atomic mass is 35.5. The van der Waals surface area contributed by atoms with Crippen LogP contribution in [-0.2, 0) is 0 Å². The number of halogens is 1. The fourth-order valence-electron chi connectivity index (χ4n) is 4.23. The minimum Gasteiger partial charge on any atom is -0.321 e. The van der Waals surface area contributed by atoms with Gasteiger partial charge in [-0.15, -0.1) is 12.4 Å². The van der Waals surface area contributed by atoms with E-state index in [0.717, 1.165) is 31.6 Å². The highest BCUT2D eigenvalue weighted by molar-refractivity contribution is 6.11. The molecule has 1 aliphatic rings. The van der Waals surface area contributed by atoms with Crippen molar-refractivity contribution < 1.29 is 9.72 Å². The Hall–Kier alpha value is -3.76. The molecule has 11 heteroatoms. The zero-order valence-electron chi connectivity index (χ0n) is 17.4. The molecule has 0 unspecified atom stereocenters. The number of fused-ring (bicyclic) bond motifs is 3. The van der Waals surface area contributed by atoms with E-state index in [-0.39, 0.29) is 35.1 Å². The molecule has 1 saturated heterocycles. The molecule has 0 aliphatic carbocycles. The van der Waals surface area contributed by atoms with Crippen LogP contribution < -0.4 is 16.2 Å². The minimum atomic E-state index is -0.516. The van der Waals surface area contributed by atoms with E-state index in [9.17, 15) is 19.7 Å². The number of anilines is 1. The Bertz CT molecular complexity index is 1410. The van der Waals surface area contributed by atoms with E-state index in [1.54, 1.807) is 22.7 Å². The molecule has 0 saturated carbocycles. The van der Waals surface area contributed by atoms with Gasteiger partial charge in [-0.25, -0.2) is 4.52 Å². The molecule has 33 heavy (non-hydrogen) atoms. The Morgan fingerprint density at radius 2 is 1.88 bits per heavy atom. The second kappa shape index (κ2) is 9.00. The van der Waals surface area contributed by atoms with Crippen LogP contribution >= 0.6 is 12.4 Å². The summed E-state index contributed by atoms with van der Waals surface area (Å²) < 4.78 is 1.77. The quantitative estimate of drug-likeness (QED) is 0.311. The molecular weight excluding hydrogens is 448 g/mol. The number of amides is 1. The van der Waals surface area contributed by atoms with E-state index in [2.05, 4.69) is 15.6 Å². The van der Waals surface area contributed by atoms with Crippen molar-refractivity contribution in [3.8, 4) is 0 Å². The van der Waals surface area contributed by atoms with Crippen LogP contribution in [0.5, 0.6) is 0 Å². The highest BCUT2D eigenvalue weighted by Gasteiger charge is 2.22. The van der Waals surface area contributed by atoms with E-state index in [0.29, 0.717) is 22.2 Å². The second-order valence-corrected chi connectivity index (χ2v) is 7.80. The number of nitro groups is 1. The van der Waals surface area contributed by atoms with Gasteiger partial charge in [-0.2, -0.15) is 5.10 Å². The van der Waals surface area contributed by atoms with Crippen LogP contribution in [0.2, 0.25) is 0 Å². The van der Waals surface area contributed by atoms with Crippen molar-refractivity contribution >= 4 is 46.2 Å². The lowest BCUT2D eigenvalue weighted by Crippen LogP contribution is -2.28. The van der Waals surface area contributed by atoms with Gasteiger partial charge >= 0.3 is 0 Å². The predicted octanol–water partition coefficient (Wildman–Crippen LogP) is 3.23. The fourth-order valence-corrected chi connectivity index (χ4v) is 4.23. The van der Waals surface area contributed by atoms with Gasteiger partial charge in [0.05, 0.1) is 27.2 Å². The van der Waals surface area contributed by atoms with Crippen molar-refractivity contribution in [3.05, 3.63) is 80.3 Å². The molecule has 3 heterocycles. The normalized spacial score (nSPS) is 14.2. The molecule has 0 spiro atoms. The average Bonchev–Trinajstić information content (AvgIpc) is 3.18. The molecular formula is C22H21ClN6O4. The summed E-state index contributed by atoms with van der Waals surface area (Å²) in [6.07, 6.45) is 1.83. The summed E-state index contributed by atoms with van der Waals surface area (Å²) in [5.41, 5.74) is 2.50. The first-order valence-corrected chi connectivity index (χ1v) is 10.3. The number of carbonyl (C=O) groups excluding carboxylic acids is 1. The summed E-state index contributed by atoms with van der Waals surface area (Å²) in [6, 6.07) is 12.3. The lowest BCUT2D eigenvalue weighted by Gasteiger charge is -2.23.